The number of hydroxylamine groups is 2. The maximum atomic E-state index is 5.24. The number of nitrogens with zero attached hydrogens (tertiary/aromatic N) is 1. The molecule has 0 spiro atoms. The first-order valence-electron chi connectivity index (χ1n) is 1.99. The molecule has 0 aliphatic carbocycles. The first-order valence-corrected chi connectivity index (χ1v) is 7.18. The Kier molecular flexibility index (Phi) is 3.96. The Morgan fingerprint density at radius 1 is 1.29 bits per heavy atom. The zero-order chi connectivity index (χ0) is 5.86. The predicted molar refractivity (Wildman–Crippen MR) is 40.6 cm³/mol. The van der Waals surface area contributed by atoms with Gasteiger partial charge in [-0.15, -0.1) is 0 Å². The van der Waals surface area contributed by atoms with Gasteiger partial charge in [-0.25, -0.2) is 0 Å². The van der Waals surface area contributed by atoms with Gasteiger partial charge in [0, 0.05) is 0 Å². The Balaban J connectivity index is 2.95. The van der Waals surface area contributed by atoms with Crippen LogP contribution in [0, 0.1) is 0 Å². The van der Waals surface area contributed by atoms with Gasteiger partial charge in [0.05, 0.1) is 0 Å². The van der Waals surface area contributed by atoms with E-state index in [0.717, 1.165) is 0 Å². The van der Waals surface area contributed by atoms with Crippen molar-refractivity contribution in [2.45, 2.75) is 0 Å². The molecule has 0 heterocycles. The third-order valence-corrected chi connectivity index (χ3v) is 1.85. The van der Waals surface area contributed by atoms with Crippen LogP contribution in [0.15, 0.2) is 0 Å². The Morgan fingerprint density at radius 2 is 1.71 bits per heavy atom. The number of hydrogen-bond acceptors (Lipinski definition) is 2. The van der Waals surface area contributed by atoms with Crippen LogP contribution >= 0.6 is 20.2 Å². The van der Waals surface area contributed by atoms with Crippen LogP contribution in [0.5, 0.6) is 0 Å². The summed E-state index contributed by atoms with van der Waals surface area (Å²) in [6, 6.07) is 0. The van der Waals surface area contributed by atoms with E-state index in [9.17, 15) is 0 Å². The second kappa shape index (κ2) is 3.63. The van der Waals surface area contributed by atoms with E-state index in [-0.39, 0.29) is 0 Å². The third-order valence-electron chi connectivity index (χ3n) is 0.276. The molecule has 0 atom stereocenters. The summed E-state index contributed by atoms with van der Waals surface area (Å²) < 4.78 is 5.24. The van der Waals surface area contributed by atoms with Crippen LogP contribution in [0.25, 0.3) is 0 Å². The molecule has 2 nitrogen and oxygen atoms in total. The fourth-order valence-electron chi connectivity index (χ4n) is 0.276. The molecule has 0 N–H and O–H groups in total. The van der Waals surface area contributed by atoms with Crippen LogP contribution in [0.2, 0.25) is 0 Å². The van der Waals surface area contributed by atoms with E-state index in [1.54, 1.807) is 5.06 Å². The molecule has 0 bridgehead atoms. The number of hydrogen-bond donors (Lipinski definition) is 0. The monoisotopic (exact) mass is 217 g/mol. The standard InChI is InChI=1S/C4H12INO/c1-5(2)7-6(3)4/h1-4H3. The van der Waals surface area contributed by atoms with Crippen LogP contribution in [0.4, 0.5) is 0 Å². The summed E-state index contributed by atoms with van der Waals surface area (Å²) in [7, 11) is 3.83. The summed E-state index contributed by atoms with van der Waals surface area (Å²) in [6.07, 6.45) is 0. The van der Waals surface area contributed by atoms with Gasteiger partial charge in [0.25, 0.3) is 0 Å². The Labute approximate surface area is 52.7 Å². The van der Waals surface area contributed by atoms with Crippen molar-refractivity contribution in [3.05, 3.63) is 0 Å². The molecule has 0 saturated heterocycles. The Hall–Kier alpha value is 0.650. The molecule has 0 fully saturated rings. The molecule has 7 heavy (non-hydrogen) atoms. The van der Waals surface area contributed by atoms with Crippen molar-refractivity contribution in [2.75, 3.05) is 24.0 Å². The zero-order valence-electron chi connectivity index (χ0n) is 5.23. The Bertz CT molecular complexity index is 41.0. The minimum atomic E-state index is -0.944. The predicted octanol–water partition coefficient (Wildman–Crippen LogP) is 1.16. The van der Waals surface area contributed by atoms with Crippen molar-refractivity contribution in [3.63, 3.8) is 0 Å². The second-order valence-corrected chi connectivity index (χ2v) is 5.88. The zero-order valence-corrected chi connectivity index (χ0v) is 7.39. The molecule has 0 unspecified atom stereocenters. The summed E-state index contributed by atoms with van der Waals surface area (Å²) in [5.41, 5.74) is 0. The molecule has 0 aromatic rings. The minimum absolute atomic E-state index is 0.944. The van der Waals surface area contributed by atoms with Gasteiger partial charge in [-0.2, -0.15) is 0 Å². The maximum absolute atomic E-state index is 5.24. The van der Waals surface area contributed by atoms with Crippen molar-refractivity contribution >= 4 is 20.2 Å². The summed E-state index contributed by atoms with van der Waals surface area (Å²) in [6.45, 7) is 0. The quantitative estimate of drug-likeness (QED) is 0.391. The van der Waals surface area contributed by atoms with E-state index >= 15 is 0 Å². The molecule has 0 amide bonds. The van der Waals surface area contributed by atoms with E-state index < -0.39 is 20.2 Å². The van der Waals surface area contributed by atoms with Crippen molar-refractivity contribution in [2.24, 2.45) is 0 Å². The molecule has 46 valence electrons. The molecule has 0 saturated carbocycles. The molecule has 3 heteroatoms. The molecular formula is C4H12INO. The molecule has 0 radical (unpaired) electrons. The van der Waals surface area contributed by atoms with E-state index in [1.807, 2.05) is 14.1 Å². The van der Waals surface area contributed by atoms with Gasteiger partial charge >= 0.3 is 52.4 Å². The summed E-state index contributed by atoms with van der Waals surface area (Å²) in [5.74, 6) is 0. The van der Waals surface area contributed by atoms with Gasteiger partial charge in [-0.3, -0.25) is 0 Å². The Morgan fingerprint density at radius 3 is 1.71 bits per heavy atom. The van der Waals surface area contributed by atoms with Gasteiger partial charge in [0.2, 0.25) is 0 Å². The molecule has 0 aliphatic rings. The van der Waals surface area contributed by atoms with Crippen molar-refractivity contribution in [1.29, 1.82) is 0 Å². The molecular weight excluding hydrogens is 205 g/mol. The number of alkyl halides is 2. The van der Waals surface area contributed by atoms with Gasteiger partial charge < -0.3 is 0 Å². The first kappa shape index (κ1) is 7.65. The summed E-state index contributed by atoms with van der Waals surface area (Å²) in [5, 5.41) is 1.77. The molecule has 0 aliphatic heterocycles. The van der Waals surface area contributed by atoms with Crippen LogP contribution in [-0.2, 0) is 3.17 Å². The summed E-state index contributed by atoms with van der Waals surface area (Å²) in [4.78, 5) is 4.31. The van der Waals surface area contributed by atoms with Crippen LogP contribution in [0.1, 0.15) is 0 Å². The summed E-state index contributed by atoms with van der Waals surface area (Å²) >= 11 is -0.944. The number of halogens is 1. The van der Waals surface area contributed by atoms with Crippen LogP contribution in [-0.4, -0.2) is 29.0 Å². The third kappa shape index (κ3) is 6.65. The van der Waals surface area contributed by atoms with Gasteiger partial charge in [0.1, 0.15) is 0 Å². The molecule has 0 aromatic carbocycles. The van der Waals surface area contributed by atoms with E-state index in [4.69, 9.17) is 3.17 Å². The van der Waals surface area contributed by atoms with Crippen molar-refractivity contribution in [1.82, 2.24) is 5.06 Å². The average Bonchev–Trinajstić information content (AvgIpc) is 1.27. The fraction of sp³-hybridized carbons (Fsp3) is 1.00. The number of rotatable bonds is 2. The molecule has 0 rings (SSSR count). The normalized spacial score (nSPS) is 12.4. The first-order chi connectivity index (χ1) is 3.13. The van der Waals surface area contributed by atoms with Gasteiger partial charge in [0.15, 0.2) is 0 Å². The van der Waals surface area contributed by atoms with Gasteiger partial charge in [-0.1, -0.05) is 0 Å². The second-order valence-electron chi connectivity index (χ2n) is 1.57. The van der Waals surface area contributed by atoms with Crippen molar-refractivity contribution in [3.8, 4) is 0 Å². The topological polar surface area (TPSA) is 12.5 Å². The fourth-order valence-corrected chi connectivity index (χ4v) is 1.85. The van der Waals surface area contributed by atoms with E-state index in [2.05, 4.69) is 9.86 Å². The van der Waals surface area contributed by atoms with E-state index in [1.165, 1.54) is 0 Å². The van der Waals surface area contributed by atoms with Crippen molar-refractivity contribution < 1.29 is 3.17 Å². The SMILES string of the molecule is CN(C)OI(C)C. The van der Waals surface area contributed by atoms with E-state index in [0.29, 0.717) is 0 Å². The molecule has 0 aromatic heterocycles. The van der Waals surface area contributed by atoms with Gasteiger partial charge in [-0.05, 0) is 0 Å². The average molecular weight is 217 g/mol. The van der Waals surface area contributed by atoms with Crippen LogP contribution in [0.3, 0.4) is 0 Å². The van der Waals surface area contributed by atoms with Crippen LogP contribution < -0.4 is 0 Å².